The van der Waals surface area contributed by atoms with Crippen LogP contribution in [0.1, 0.15) is 25.7 Å². The van der Waals surface area contributed by atoms with Crippen molar-refractivity contribution in [3.05, 3.63) is 0 Å². The van der Waals surface area contributed by atoms with Gasteiger partial charge in [-0.2, -0.15) is 0 Å². The van der Waals surface area contributed by atoms with E-state index in [-0.39, 0.29) is 18.4 Å². The minimum absolute atomic E-state index is 0. The topological polar surface area (TPSA) is 49.3 Å². The molecule has 1 aliphatic carbocycles. The zero-order valence-corrected chi connectivity index (χ0v) is 7.64. The molecular weight excluding hydrogens is 178 g/mol. The highest BCUT2D eigenvalue weighted by atomic mass is 35.5. The van der Waals surface area contributed by atoms with E-state index in [0.717, 1.165) is 6.42 Å². The van der Waals surface area contributed by atoms with Crippen molar-refractivity contribution in [2.45, 2.75) is 37.8 Å². The summed E-state index contributed by atoms with van der Waals surface area (Å²) in [6.07, 6.45) is 4.52. The molecule has 2 N–H and O–H groups in total. The van der Waals surface area contributed by atoms with Gasteiger partial charge in [-0.25, -0.2) is 0 Å². The highest BCUT2D eigenvalue weighted by Crippen LogP contribution is 2.34. The number of hydrogen-bond acceptors (Lipinski definition) is 2. The standard InChI is InChI=1S/C8H13NO2.ClH/c10-8(11)7-4-5-2-1-3-6(5)9-7;/h5-7,9H,1-4H2,(H,10,11);1H/t5?,6-,7?;/m0./s1. The maximum atomic E-state index is 10.6. The number of carboxylic acid groups (broad SMARTS) is 1. The van der Waals surface area contributed by atoms with E-state index in [1.165, 1.54) is 19.3 Å². The molecule has 1 aliphatic heterocycles. The van der Waals surface area contributed by atoms with Crippen LogP contribution in [0.25, 0.3) is 0 Å². The lowest BCUT2D eigenvalue weighted by atomic mass is 10.0. The van der Waals surface area contributed by atoms with Crippen LogP contribution in [-0.4, -0.2) is 23.2 Å². The Kier molecular flexibility index (Phi) is 2.96. The molecule has 1 saturated carbocycles. The second kappa shape index (κ2) is 3.62. The Morgan fingerprint density at radius 2 is 2.17 bits per heavy atom. The van der Waals surface area contributed by atoms with Crippen molar-refractivity contribution in [2.75, 3.05) is 0 Å². The predicted octanol–water partition coefficient (Wildman–Crippen LogP) is 1.02. The second-order valence-corrected chi connectivity index (χ2v) is 3.59. The van der Waals surface area contributed by atoms with Crippen LogP contribution >= 0.6 is 12.4 Å². The third kappa shape index (κ3) is 1.57. The van der Waals surface area contributed by atoms with Gasteiger partial charge in [-0.05, 0) is 25.2 Å². The highest BCUT2D eigenvalue weighted by molar-refractivity contribution is 5.85. The number of carbonyl (C=O) groups is 1. The first kappa shape index (κ1) is 9.81. The molecule has 2 unspecified atom stereocenters. The van der Waals surface area contributed by atoms with Crippen molar-refractivity contribution in [2.24, 2.45) is 5.92 Å². The summed E-state index contributed by atoms with van der Waals surface area (Å²) < 4.78 is 0. The van der Waals surface area contributed by atoms with Crippen LogP contribution in [0.15, 0.2) is 0 Å². The molecule has 0 amide bonds. The van der Waals surface area contributed by atoms with Gasteiger partial charge in [-0.1, -0.05) is 6.42 Å². The van der Waals surface area contributed by atoms with Gasteiger partial charge in [-0.3, -0.25) is 4.79 Å². The van der Waals surface area contributed by atoms with Crippen molar-refractivity contribution < 1.29 is 9.90 Å². The molecule has 3 nitrogen and oxygen atoms in total. The zero-order chi connectivity index (χ0) is 7.84. The van der Waals surface area contributed by atoms with Crippen LogP contribution in [0, 0.1) is 5.92 Å². The Hall–Kier alpha value is -0.280. The van der Waals surface area contributed by atoms with Crippen molar-refractivity contribution in [1.29, 1.82) is 0 Å². The van der Waals surface area contributed by atoms with E-state index >= 15 is 0 Å². The first-order chi connectivity index (χ1) is 5.27. The number of aliphatic carboxylic acids is 1. The number of hydrogen-bond donors (Lipinski definition) is 2. The predicted molar refractivity (Wildman–Crippen MR) is 47.6 cm³/mol. The van der Waals surface area contributed by atoms with E-state index in [1.807, 2.05) is 0 Å². The Morgan fingerprint density at radius 1 is 1.42 bits per heavy atom. The summed E-state index contributed by atoms with van der Waals surface area (Å²) in [6, 6.07) is 0.251. The van der Waals surface area contributed by atoms with Gasteiger partial charge in [0, 0.05) is 6.04 Å². The maximum absolute atomic E-state index is 10.6. The lowest BCUT2D eigenvalue weighted by Gasteiger charge is -2.07. The molecule has 0 spiro atoms. The molecule has 1 heterocycles. The molecule has 4 heteroatoms. The fourth-order valence-corrected chi connectivity index (χ4v) is 2.34. The quantitative estimate of drug-likeness (QED) is 0.651. The highest BCUT2D eigenvalue weighted by Gasteiger charge is 2.39. The monoisotopic (exact) mass is 191 g/mol. The molecular formula is C8H14ClNO2. The summed E-state index contributed by atoms with van der Waals surface area (Å²) in [6.45, 7) is 0. The summed E-state index contributed by atoms with van der Waals surface area (Å²) >= 11 is 0. The lowest BCUT2D eigenvalue weighted by Crippen LogP contribution is -2.34. The molecule has 2 rings (SSSR count). The normalized spacial score (nSPS) is 38.8. The number of carboxylic acids is 1. The van der Waals surface area contributed by atoms with E-state index in [4.69, 9.17) is 5.11 Å². The van der Waals surface area contributed by atoms with Crippen molar-refractivity contribution in [3.63, 3.8) is 0 Å². The number of fused-ring (bicyclic) bond motifs is 1. The molecule has 12 heavy (non-hydrogen) atoms. The average molecular weight is 192 g/mol. The van der Waals surface area contributed by atoms with Gasteiger partial charge in [-0.15, -0.1) is 12.4 Å². The number of nitrogens with one attached hydrogen (secondary N) is 1. The van der Waals surface area contributed by atoms with Gasteiger partial charge < -0.3 is 10.4 Å². The molecule has 1 saturated heterocycles. The van der Waals surface area contributed by atoms with E-state index in [1.54, 1.807) is 0 Å². The van der Waals surface area contributed by atoms with E-state index in [9.17, 15) is 4.79 Å². The Bertz CT molecular complexity index is 174. The third-order valence-corrected chi connectivity index (χ3v) is 2.91. The summed E-state index contributed by atoms with van der Waals surface area (Å²) in [5, 5.41) is 11.9. The molecule has 2 aliphatic rings. The van der Waals surface area contributed by atoms with Crippen molar-refractivity contribution in [3.8, 4) is 0 Å². The van der Waals surface area contributed by atoms with Crippen molar-refractivity contribution in [1.82, 2.24) is 5.32 Å². The smallest absolute Gasteiger partial charge is 0.320 e. The summed E-state index contributed by atoms with van der Waals surface area (Å²) in [4.78, 5) is 10.6. The van der Waals surface area contributed by atoms with Crippen LogP contribution in [0.3, 0.4) is 0 Å². The molecule has 2 fully saturated rings. The van der Waals surface area contributed by atoms with Crippen LogP contribution in [0.2, 0.25) is 0 Å². The molecule has 0 aromatic heterocycles. The minimum Gasteiger partial charge on any atom is -0.480 e. The van der Waals surface area contributed by atoms with Gasteiger partial charge in [0.15, 0.2) is 0 Å². The van der Waals surface area contributed by atoms with Crippen LogP contribution in [-0.2, 0) is 4.79 Å². The molecule has 3 atom stereocenters. The molecule has 70 valence electrons. The summed E-state index contributed by atoms with van der Waals surface area (Å²) in [5.74, 6) is -0.0319. The second-order valence-electron chi connectivity index (χ2n) is 3.59. The molecule has 0 bridgehead atoms. The Morgan fingerprint density at radius 3 is 2.75 bits per heavy atom. The minimum atomic E-state index is -0.681. The average Bonchev–Trinajstić information content (AvgIpc) is 2.40. The van der Waals surface area contributed by atoms with Crippen molar-refractivity contribution >= 4 is 18.4 Å². The SMILES string of the molecule is Cl.O=C(O)C1CC2CCC[C@@H]2N1. The first-order valence-electron chi connectivity index (χ1n) is 4.26. The van der Waals surface area contributed by atoms with E-state index < -0.39 is 5.97 Å². The number of rotatable bonds is 1. The zero-order valence-electron chi connectivity index (χ0n) is 6.82. The van der Waals surface area contributed by atoms with E-state index in [2.05, 4.69) is 5.32 Å². The fourth-order valence-electron chi connectivity index (χ4n) is 2.34. The number of halogens is 1. The Balaban J connectivity index is 0.000000720. The maximum Gasteiger partial charge on any atom is 0.320 e. The van der Waals surface area contributed by atoms with Crippen LogP contribution in [0.4, 0.5) is 0 Å². The molecule has 0 aromatic carbocycles. The van der Waals surface area contributed by atoms with Crippen LogP contribution in [0.5, 0.6) is 0 Å². The van der Waals surface area contributed by atoms with Gasteiger partial charge in [0.05, 0.1) is 0 Å². The summed E-state index contributed by atoms with van der Waals surface area (Å²) in [5.41, 5.74) is 0. The molecule has 0 aromatic rings. The lowest BCUT2D eigenvalue weighted by molar-refractivity contribution is -0.139. The first-order valence-corrected chi connectivity index (χ1v) is 4.26. The molecule has 0 radical (unpaired) electrons. The third-order valence-electron chi connectivity index (χ3n) is 2.91. The van der Waals surface area contributed by atoms with Gasteiger partial charge in [0.25, 0.3) is 0 Å². The Labute approximate surface area is 77.9 Å². The van der Waals surface area contributed by atoms with Gasteiger partial charge >= 0.3 is 5.97 Å². The fraction of sp³-hybridized carbons (Fsp3) is 0.875. The van der Waals surface area contributed by atoms with E-state index in [0.29, 0.717) is 12.0 Å². The van der Waals surface area contributed by atoms with Gasteiger partial charge in [0.1, 0.15) is 6.04 Å². The summed E-state index contributed by atoms with van der Waals surface area (Å²) in [7, 11) is 0. The largest absolute Gasteiger partial charge is 0.480 e. The van der Waals surface area contributed by atoms with Crippen LogP contribution < -0.4 is 5.32 Å². The van der Waals surface area contributed by atoms with Gasteiger partial charge in [0.2, 0.25) is 0 Å².